The van der Waals surface area contributed by atoms with Gasteiger partial charge in [-0.3, -0.25) is 0 Å². The van der Waals surface area contributed by atoms with Crippen LogP contribution >= 0.6 is 0 Å². The molecule has 0 unspecified atom stereocenters. The third-order valence-electron chi connectivity index (χ3n) is 2.04. The molecule has 0 saturated heterocycles. The van der Waals surface area contributed by atoms with Crippen LogP contribution in [0.2, 0.25) is 0 Å². The first-order valence-electron chi connectivity index (χ1n) is 4.72. The minimum absolute atomic E-state index is 0.259. The van der Waals surface area contributed by atoms with Gasteiger partial charge in [0.2, 0.25) is 0 Å². The van der Waals surface area contributed by atoms with Crippen molar-refractivity contribution in [2.45, 2.75) is 13.2 Å². The Morgan fingerprint density at radius 1 is 1.11 bits per heavy atom. The predicted octanol–water partition coefficient (Wildman–Crippen LogP) is 1.40. The van der Waals surface area contributed by atoms with Crippen LogP contribution < -0.4 is 0 Å². The molecule has 1 aromatic carbocycles. The smallest absolute Gasteiger partial charge is 0.344 e. The van der Waals surface area contributed by atoms with Crippen LogP contribution in [0.25, 0.3) is 0 Å². The summed E-state index contributed by atoms with van der Waals surface area (Å²) in [5, 5.41) is 17.2. The van der Waals surface area contributed by atoms with Gasteiger partial charge in [0.05, 0.1) is 12.2 Å². The molecule has 100 valence electrons. The summed E-state index contributed by atoms with van der Waals surface area (Å²) in [5.41, 5.74) is -3.17. The number of carbonyl (C=O) groups excluding carboxylic acids is 1. The van der Waals surface area contributed by atoms with Gasteiger partial charge in [-0.15, -0.1) is 0 Å². The number of esters is 1. The van der Waals surface area contributed by atoms with Crippen molar-refractivity contribution in [3.63, 3.8) is 0 Å². The quantitative estimate of drug-likeness (QED) is 0.376. The van der Waals surface area contributed by atoms with Crippen LogP contribution in [-0.4, -0.2) is 22.8 Å². The van der Waals surface area contributed by atoms with Crippen LogP contribution in [0.5, 0.6) is 0 Å². The van der Waals surface area contributed by atoms with Crippen molar-refractivity contribution >= 4 is 5.97 Å². The summed E-state index contributed by atoms with van der Waals surface area (Å²) in [6.45, 7) is 1.07. The molecule has 1 aromatic rings. The molecule has 0 aliphatic rings. The van der Waals surface area contributed by atoms with Gasteiger partial charge < -0.3 is 14.9 Å². The number of halogens is 4. The average Bonchev–Trinajstić information content (AvgIpc) is 2.27. The molecule has 0 amide bonds. The first-order valence-corrected chi connectivity index (χ1v) is 4.72. The highest BCUT2D eigenvalue weighted by Gasteiger charge is 2.32. The minimum atomic E-state index is -2.76. The fourth-order valence-corrected chi connectivity index (χ4v) is 1.26. The number of benzene rings is 1. The van der Waals surface area contributed by atoms with Crippen LogP contribution in [0.3, 0.4) is 0 Å². The van der Waals surface area contributed by atoms with E-state index in [0.717, 1.165) is 0 Å². The highest BCUT2D eigenvalue weighted by molar-refractivity contribution is 5.90. The van der Waals surface area contributed by atoms with Gasteiger partial charge in [-0.1, -0.05) is 0 Å². The molecular weight excluding hydrogens is 260 g/mol. The summed E-state index contributed by atoms with van der Waals surface area (Å²) in [5.74, 6) is -9.81. The van der Waals surface area contributed by atoms with Crippen molar-refractivity contribution in [1.29, 1.82) is 0 Å². The second-order valence-corrected chi connectivity index (χ2v) is 3.14. The number of hydrogen-bond acceptors (Lipinski definition) is 4. The standard InChI is InChI=1S/C10H8F4O4/c1-2-18-10(17)4-7(13)5(11)3(9(15)16)6(12)8(4)14/h9,15-16H,2H2,1H3. The summed E-state index contributed by atoms with van der Waals surface area (Å²) in [4.78, 5) is 11.1. The van der Waals surface area contributed by atoms with E-state index in [1.165, 1.54) is 6.92 Å². The largest absolute Gasteiger partial charge is 0.462 e. The zero-order chi connectivity index (χ0) is 14.0. The van der Waals surface area contributed by atoms with Crippen molar-refractivity contribution in [2.75, 3.05) is 6.61 Å². The van der Waals surface area contributed by atoms with Crippen molar-refractivity contribution in [3.8, 4) is 0 Å². The molecule has 0 radical (unpaired) electrons. The lowest BCUT2D eigenvalue weighted by atomic mass is 10.1. The molecule has 0 bridgehead atoms. The molecule has 4 nitrogen and oxygen atoms in total. The Morgan fingerprint density at radius 2 is 1.56 bits per heavy atom. The van der Waals surface area contributed by atoms with E-state index >= 15 is 0 Å². The Bertz CT molecular complexity index is 458. The molecule has 2 N–H and O–H groups in total. The van der Waals surface area contributed by atoms with E-state index in [0.29, 0.717) is 0 Å². The van der Waals surface area contributed by atoms with Crippen molar-refractivity contribution < 1.29 is 37.3 Å². The molecule has 0 aliphatic carbocycles. The maximum atomic E-state index is 13.3. The van der Waals surface area contributed by atoms with Crippen LogP contribution in [0.4, 0.5) is 17.6 Å². The third-order valence-corrected chi connectivity index (χ3v) is 2.04. The van der Waals surface area contributed by atoms with Crippen LogP contribution in [-0.2, 0) is 4.74 Å². The third kappa shape index (κ3) is 2.29. The Hall–Kier alpha value is -1.67. The lowest BCUT2D eigenvalue weighted by Crippen LogP contribution is -2.17. The number of rotatable bonds is 3. The summed E-state index contributed by atoms with van der Waals surface area (Å²) >= 11 is 0. The summed E-state index contributed by atoms with van der Waals surface area (Å²) in [7, 11) is 0. The van der Waals surface area contributed by atoms with E-state index in [9.17, 15) is 22.4 Å². The average molecular weight is 268 g/mol. The van der Waals surface area contributed by atoms with Crippen LogP contribution in [0.15, 0.2) is 0 Å². The normalized spacial score (nSPS) is 10.9. The highest BCUT2D eigenvalue weighted by Crippen LogP contribution is 2.28. The Kier molecular flexibility index (Phi) is 4.25. The molecule has 0 aliphatic heterocycles. The lowest BCUT2D eigenvalue weighted by molar-refractivity contribution is -0.0485. The number of aliphatic hydroxyl groups is 2. The maximum Gasteiger partial charge on any atom is 0.344 e. The van der Waals surface area contributed by atoms with E-state index in [2.05, 4.69) is 4.74 Å². The fourth-order valence-electron chi connectivity index (χ4n) is 1.26. The van der Waals surface area contributed by atoms with Crippen molar-refractivity contribution in [3.05, 3.63) is 34.4 Å². The summed E-state index contributed by atoms with van der Waals surface area (Å²) < 4.78 is 57.4. The lowest BCUT2D eigenvalue weighted by Gasteiger charge is -2.12. The molecule has 0 heterocycles. The highest BCUT2D eigenvalue weighted by atomic mass is 19.2. The monoisotopic (exact) mass is 268 g/mol. The number of aliphatic hydroxyl groups excluding tert-OH is 1. The molecule has 1 rings (SSSR count). The Balaban J connectivity index is 3.53. The summed E-state index contributed by atoms with van der Waals surface area (Å²) in [6.07, 6.45) is -2.76. The van der Waals surface area contributed by atoms with Gasteiger partial charge in [-0.05, 0) is 6.92 Å². The first-order chi connectivity index (χ1) is 8.32. The molecule has 18 heavy (non-hydrogen) atoms. The van der Waals surface area contributed by atoms with Gasteiger partial charge in [0.1, 0.15) is 5.56 Å². The van der Waals surface area contributed by atoms with Crippen molar-refractivity contribution in [2.24, 2.45) is 0 Å². The molecule has 0 saturated carbocycles. The van der Waals surface area contributed by atoms with E-state index in [1.54, 1.807) is 0 Å². The SMILES string of the molecule is CCOC(=O)c1c(F)c(F)c(C(O)O)c(F)c1F. The van der Waals surface area contributed by atoms with Gasteiger partial charge in [0, 0.05) is 0 Å². The van der Waals surface area contributed by atoms with Crippen molar-refractivity contribution in [1.82, 2.24) is 0 Å². The zero-order valence-electron chi connectivity index (χ0n) is 9.01. The molecule has 0 aromatic heterocycles. The predicted molar refractivity (Wildman–Crippen MR) is 49.4 cm³/mol. The summed E-state index contributed by atoms with van der Waals surface area (Å²) in [6, 6.07) is 0. The van der Waals surface area contributed by atoms with Crippen LogP contribution in [0.1, 0.15) is 29.1 Å². The maximum absolute atomic E-state index is 13.3. The van der Waals surface area contributed by atoms with Gasteiger partial charge >= 0.3 is 5.97 Å². The second-order valence-electron chi connectivity index (χ2n) is 3.14. The van der Waals surface area contributed by atoms with E-state index in [1.807, 2.05) is 0 Å². The Labute approximate surface area is 98.4 Å². The number of ether oxygens (including phenoxy) is 1. The zero-order valence-corrected chi connectivity index (χ0v) is 9.01. The van der Waals surface area contributed by atoms with Gasteiger partial charge in [0.25, 0.3) is 0 Å². The first kappa shape index (κ1) is 14.4. The minimum Gasteiger partial charge on any atom is -0.462 e. The number of carbonyl (C=O) groups is 1. The second kappa shape index (κ2) is 5.32. The van der Waals surface area contributed by atoms with E-state index in [-0.39, 0.29) is 6.61 Å². The number of hydrogen-bond donors (Lipinski definition) is 2. The van der Waals surface area contributed by atoms with Gasteiger partial charge in [0.15, 0.2) is 29.6 Å². The van der Waals surface area contributed by atoms with Gasteiger partial charge in [-0.2, -0.15) is 0 Å². The van der Waals surface area contributed by atoms with Crippen LogP contribution in [0, 0.1) is 23.3 Å². The fraction of sp³-hybridized carbons (Fsp3) is 0.300. The molecule has 0 atom stereocenters. The molecular formula is C10H8F4O4. The van der Waals surface area contributed by atoms with Gasteiger partial charge in [-0.25, -0.2) is 22.4 Å². The molecule has 0 spiro atoms. The Morgan fingerprint density at radius 3 is 1.89 bits per heavy atom. The topological polar surface area (TPSA) is 66.8 Å². The van der Waals surface area contributed by atoms with E-state index < -0.39 is 46.7 Å². The molecule has 0 fully saturated rings. The molecule has 8 heteroatoms. The van der Waals surface area contributed by atoms with E-state index in [4.69, 9.17) is 10.2 Å².